The second kappa shape index (κ2) is 6.18. The Morgan fingerprint density at radius 1 is 1.23 bits per heavy atom. The number of carbonyl (C=O) groups excluding carboxylic acids is 3. The van der Waals surface area contributed by atoms with Crippen molar-refractivity contribution in [3.63, 3.8) is 0 Å². The first-order valence-corrected chi connectivity index (χ1v) is 8.49. The summed E-state index contributed by atoms with van der Waals surface area (Å²) in [5, 5.41) is 0. The lowest BCUT2D eigenvalue weighted by Crippen LogP contribution is -2.53. The Morgan fingerprint density at radius 3 is 2.36 bits per heavy atom. The molecule has 1 aliphatic heterocycles. The van der Waals surface area contributed by atoms with E-state index in [0.717, 1.165) is 19.3 Å². The SMILES string of the molecule is CC(=O)N1CC(=O)N(C(=O)OC(C)(C)C)[C@@H]2CCC[C@H]1[C@H]2Br. The zero-order valence-electron chi connectivity index (χ0n) is 13.5. The van der Waals surface area contributed by atoms with Gasteiger partial charge in [0.05, 0.1) is 10.9 Å². The topological polar surface area (TPSA) is 66.9 Å². The molecule has 6 nitrogen and oxygen atoms in total. The highest BCUT2D eigenvalue weighted by Crippen LogP contribution is 2.35. The van der Waals surface area contributed by atoms with Gasteiger partial charge in [-0.2, -0.15) is 0 Å². The van der Waals surface area contributed by atoms with Gasteiger partial charge in [-0.15, -0.1) is 0 Å². The first-order chi connectivity index (χ1) is 10.1. The molecular weight excluding hydrogens is 352 g/mol. The number of carbonyl (C=O) groups is 3. The van der Waals surface area contributed by atoms with Gasteiger partial charge in [0.15, 0.2) is 0 Å². The molecule has 0 N–H and O–H groups in total. The molecule has 0 spiro atoms. The number of imide groups is 1. The van der Waals surface area contributed by atoms with E-state index in [-0.39, 0.29) is 35.3 Å². The number of alkyl halides is 1. The molecule has 1 aliphatic carbocycles. The molecule has 0 unspecified atom stereocenters. The molecule has 3 atom stereocenters. The van der Waals surface area contributed by atoms with E-state index >= 15 is 0 Å². The first kappa shape index (κ1) is 17.2. The summed E-state index contributed by atoms with van der Waals surface area (Å²) in [6.07, 6.45) is 1.80. The standard InChI is InChI=1S/C15H23BrN2O4/c1-9(19)17-8-12(20)18(14(21)22-15(2,3)4)11-7-5-6-10(17)13(11)16/h10-11,13H,5-8H2,1-4H3/t10-,11+,13+/m0/s1. The summed E-state index contributed by atoms with van der Waals surface area (Å²) in [5.74, 6) is -0.516. The van der Waals surface area contributed by atoms with E-state index in [1.165, 1.54) is 11.8 Å². The lowest BCUT2D eigenvalue weighted by Gasteiger charge is -2.39. The molecule has 1 saturated heterocycles. The summed E-state index contributed by atoms with van der Waals surface area (Å²) in [5.41, 5.74) is -0.667. The average Bonchev–Trinajstić information content (AvgIpc) is 2.42. The van der Waals surface area contributed by atoms with Crippen molar-refractivity contribution in [2.45, 2.75) is 69.5 Å². The highest BCUT2D eigenvalue weighted by molar-refractivity contribution is 9.09. The van der Waals surface area contributed by atoms with Gasteiger partial charge in [-0.25, -0.2) is 9.69 Å². The molecule has 0 aromatic rings. The number of rotatable bonds is 0. The minimum Gasteiger partial charge on any atom is -0.443 e. The molecule has 124 valence electrons. The van der Waals surface area contributed by atoms with Gasteiger partial charge >= 0.3 is 6.09 Å². The van der Waals surface area contributed by atoms with Gasteiger partial charge in [-0.1, -0.05) is 15.9 Å². The number of nitrogens with zero attached hydrogens (tertiary/aromatic N) is 2. The van der Waals surface area contributed by atoms with E-state index in [4.69, 9.17) is 4.74 Å². The Labute approximate surface area is 139 Å². The molecule has 0 radical (unpaired) electrons. The molecule has 1 heterocycles. The molecule has 2 fully saturated rings. The number of halogens is 1. The fraction of sp³-hybridized carbons (Fsp3) is 0.800. The van der Waals surface area contributed by atoms with Crippen molar-refractivity contribution >= 4 is 33.8 Å². The van der Waals surface area contributed by atoms with Gasteiger partial charge in [-0.05, 0) is 40.0 Å². The van der Waals surface area contributed by atoms with Crippen LogP contribution in [0.3, 0.4) is 0 Å². The molecule has 22 heavy (non-hydrogen) atoms. The molecule has 2 aliphatic rings. The van der Waals surface area contributed by atoms with Gasteiger partial charge in [0.2, 0.25) is 5.91 Å². The van der Waals surface area contributed by atoms with Crippen LogP contribution in [0.1, 0.15) is 47.0 Å². The summed E-state index contributed by atoms with van der Waals surface area (Å²) >= 11 is 3.61. The van der Waals surface area contributed by atoms with Crippen LogP contribution < -0.4 is 0 Å². The van der Waals surface area contributed by atoms with Gasteiger partial charge in [-0.3, -0.25) is 9.59 Å². The summed E-state index contributed by atoms with van der Waals surface area (Å²) < 4.78 is 5.38. The molecule has 7 heteroatoms. The van der Waals surface area contributed by atoms with Gasteiger partial charge < -0.3 is 9.64 Å². The maximum atomic E-state index is 12.6. The van der Waals surface area contributed by atoms with Crippen molar-refractivity contribution in [3.8, 4) is 0 Å². The molecule has 2 rings (SSSR count). The van der Waals surface area contributed by atoms with Crippen LogP contribution in [0.15, 0.2) is 0 Å². The maximum Gasteiger partial charge on any atom is 0.417 e. The van der Waals surface area contributed by atoms with Crippen LogP contribution in [-0.2, 0) is 14.3 Å². The van der Waals surface area contributed by atoms with Crippen molar-refractivity contribution in [1.29, 1.82) is 0 Å². The van der Waals surface area contributed by atoms with Crippen LogP contribution in [0, 0.1) is 0 Å². The normalized spacial score (nSPS) is 29.1. The van der Waals surface area contributed by atoms with E-state index in [9.17, 15) is 14.4 Å². The minimum absolute atomic E-state index is 0.0624. The Hall–Kier alpha value is -1.11. The van der Waals surface area contributed by atoms with E-state index in [0.29, 0.717) is 0 Å². The highest BCUT2D eigenvalue weighted by atomic mass is 79.9. The molecule has 0 aromatic heterocycles. The van der Waals surface area contributed by atoms with Crippen molar-refractivity contribution < 1.29 is 19.1 Å². The van der Waals surface area contributed by atoms with Gasteiger partial charge in [0.1, 0.15) is 12.1 Å². The highest BCUT2D eigenvalue weighted by Gasteiger charge is 2.47. The molecule has 2 bridgehead atoms. The monoisotopic (exact) mass is 374 g/mol. The summed E-state index contributed by atoms with van der Waals surface area (Å²) in [6, 6.07) is -0.335. The van der Waals surface area contributed by atoms with E-state index in [2.05, 4.69) is 15.9 Å². The second-order valence-electron chi connectivity index (χ2n) is 6.90. The Balaban J connectivity index is 2.32. The van der Waals surface area contributed by atoms with Crippen LogP contribution in [0.4, 0.5) is 4.79 Å². The molecular formula is C15H23BrN2O4. The predicted molar refractivity (Wildman–Crippen MR) is 84.6 cm³/mol. The van der Waals surface area contributed by atoms with Crippen LogP contribution in [0.5, 0.6) is 0 Å². The lowest BCUT2D eigenvalue weighted by atomic mass is 9.90. The molecule has 3 amide bonds. The molecule has 0 aromatic carbocycles. The zero-order valence-corrected chi connectivity index (χ0v) is 15.1. The first-order valence-electron chi connectivity index (χ1n) is 7.58. The van der Waals surface area contributed by atoms with E-state index < -0.39 is 11.7 Å². The Bertz CT molecular complexity index is 488. The zero-order chi connectivity index (χ0) is 16.7. The van der Waals surface area contributed by atoms with Crippen molar-refractivity contribution in [2.75, 3.05) is 6.54 Å². The summed E-state index contributed by atoms with van der Waals surface area (Å²) in [6.45, 7) is 6.69. The van der Waals surface area contributed by atoms with E-state index in [1.54, 1.807) is 25.7 Å². The number of fused-ring (bicyclic) bond motifs is 2. The number of hydrogen-bond donors (Lipinski definition) is 0. The summed E-state index contributed by atoms with van der Waals surface area (Å²) in [4.78, 5) is 39.5. The van der Waals surface area contributed by atoms with E-state index in [1.807, 2.05) is 0 Å². The largest absolute Gasteiger partial charge is 0.443 e. The van der Waals surface area contributed by atoms with Gasteiger partial charge in [0.25, 0.3) is 5.91 Å². The summed E-state index contributed by atoms with van der Waals surface area (Å²) in [7, 11) is 0. The average molecular weight is 375 g/mol. The van der Waals surface area contributed by atoms with Crippen LogP contribution in [0.2, 0.25) is 0 Å². The third kappa shape index (κ3) is 3.45. The van der Waals surface area contributed by atoms with Crippen LogP contribution >= 0.6 is 15.9 Å². The van der Waals surface area contributed by atoms with Crippen molar-refractivity contribution in [1.82, 2.24) is 9.80 Å². The predicted octanol–water partition coefficient (Wildman–Crippen LogP) is 2.30. The fourth-order valence-corrected chi connectivity index (χ4v) is 4.18. The minimum atomic E-state index is -0.667. The van der Waals surface area contributed by atoms with Gasteiger partial charge in [0, 0.05) is 13.0 Å². The number of amides is 3. The molecule has 1 saturated carbocycles. The number of hydrogen-bond acceptors (Lipinski definition) is 4. The third-order valence-electron chi connectivity index (χ3n) is 4.04. The van der Waals surface area contributed by atoms with Crippen LogP contribution in [-0.4, -0.2) is 56.8 Å². The third-order valence-corrected chi connectivity index (χ3v) is 5.26. The number of ether oxygens (including phenoxy) is 1. The quantitative estimate of drug-likeness (QED) is 0.610. The van der Waals surface area contributed by atoms with Crippen molar-refractivity contribution in [3.05, 3.63) is 0 Å². The maximum absolute atomic E-state index is 12.6. The lowest BCUT2D eigenvalue weighted by molar-refractivity contribution is -0.138. The van der Waals surface area contributed by atoms with Crippen LogP contribution in [0.25, 0.3) is 0 Å². The Kier molecular flexibility index (Phi) is 4.84. The fourth-order valence-electron chi connectivity index (χ4n) is 3.13. The Morgan fingerprint density at radius 2 is 1.82 bits per heavy atom. The smallest absolute Gasteiger partial charge is 0.417 e. The second-order valence-corrected chi connectivity index (χ2v) is 7.96. The van der Waals surface area contributed by atoms with Crippen molar-refractivity contribution in [2.24, 2.45) is 0 Å².